The summed E-state index contributed by atoms with van der Waals surface area (Å²) >= 11 is 1.69. The van der Waals surface area contributed by atoms with Gasteiger partial charge in [-0.3, -0.25) is 9.69 Å². The van der Waals surface area contributed by atoms with Crippen LogP contribution in [0.25, 0.3) is 10.1 Å². The minimum atomic E-state index is 0.0601. The van der Waals surface area contributed by atoms with Gasteiger partial charge in [-0.2, -0.15) is 0 Å². The Morgan fingerprint density at radius 2 is 1.96 bits per heavy atom. The first kappa shape index (κ1) is 16.8. The topological polar surface area (TPSA) is 32.3 Å². The number of carbonyl (C=O) groups excluding carboxylic acids is 1. The molecule has 1 amide bonds. The molecule has 3 aliphatic heterocycles. The van der Waals surface area contributed by atoms with Gasteiger partial charge in [0.1, 0.15) is 0 Å². The zero-order valence-corrected chi connectivity index (χ0v) is 16.6. The third-order valence-corrected chi connectivity index (χ3v) is 8.42. The molecular formula is C22H28N2OS. The van der Waals surface area contributed by atoms with Crippen molar-refractivity contribution < 1.29 is 4.79 Å². The van der Waals surface area contributed by atoms with Gasteiger partial charge in [0.05, 0.1) is 4.88 Å². The van der Waals surface area contributed by atoms with Crippen molar-refractivity contribution in [3.63, 3.8) is 0 Å². The molecule has 6 rings (SSSR count). The molecule has 1 saturated carbocycles. The molecule has 0 spiro atoms. The summed E-state index contributed by atoms with van der Waals surface area (Å²) < 4.78 is 1.33. The van der Waals surface area contributed by atoms with E-state index in [0.717, 1.165) is 4.88 Å². The number of thiophene rings is 1. The molecule has 4 fully saturated rings. The summed E-state index contributed by atoms with van der Waals surface area (Å²) in [6.45, 7) is 6.95. The number of nitrogens with zero attached hydrogens (tertiary/aromatic N) is 1. The van der Waals surface area contributed by atoms with Crippen LogP contribution in [0.2, 0.25) is 0 Å². The Bertz CT molecular complexity index is 843. The SMILES string of the molecule is CC1(C)C(NC(=O)c2cc3cccc(C4CCC4)c3s2)C2CCN1CC2. The fourth-order valence-electron chi connectivity index (χ4n) is 5.33. The molecule has 1 atom stereocenters. The van der Waals surface area contributed by atoms with E-state index in [4.69, 9.17) is 0 Å². The Labute approximate surface area is 159 Å². The molecule has 4 aliphatic rings. The van der Waals surface area contributed by atoms with Crippen LogP contribution in [0, 0.1) is 5.92 Å². The smallest absolute Gasteiger partial charge is 0.261 e. The van der Waals surface area contributed by atoms with Crippen LogP contribution >= 0.6 is 11.3 Å². The van der Waals surface area contributed by atoms with E-state index in [0.29, 0.717) is 11.8 Å². The predicted octanol–water partition coefficient (Wildman–Crippen LogP) is 4.77. The van der Waals surface area contributed by atoms with Gasteiger partial charge in [-0.05, 0) is 81.5 Å². The number of piperidine rings is 3. The van der Waals surface area contributed by atoms with Crippen LogP contribution in [0.3, 0.4) is 0 Å². The number of hydrogen-bond acceptors (Lipinski definition) is 3. The van der Waals surface area contributed by atoms with Crippen molar-refractivity contribution in [1.82, 2.24) is 10.2 Å². The maximum Gasteiger partial charge on any atom is 0.261 e. The Morgan fingerprint density at radius 3 is 2.62 bits per heavy atom. The van der Waals surface area contributed by atoms with E-state index in [1.54, 1.807) is 11.3 Å². The van der Waals surface area contributed by atoms with Crippen LogP contribution in [0.15, 0.2) is 24.3 Å². The van der Waals surface area contributed by atoms with Crippen LogP contribution in [0.1, 0.15) is 67.1 Å². The molecule has 1 aromatic carbocycles. The molecule has 1 aromatic heterocycles. The first-order chi connectivity index (χ1) is 12.5. The van der Waals surface area contributed by atoms with Gasteiger partial charge in [0.2, 0.25) is 0 Å². The minimum Gasteiger partial charge on any atom is -0.346 e. The molecule has 4 heteroatoms. The molecule has 3 nitrogen and oxygen atoms in total. The number of carbonyl (C=O) groups is 1. The van der Waals surface area contributed by atoms with Gasteiger partial charge in [0.15, 0.2) is 0 Å². The molecular weight excluding hydrogens is 340 g/mol. The monoisotopic (exact) mass is 368 g/mol. The van der Waals surface area contributed by atoms with E-state index in [1.807, 2.05) is 0 Å². The Balaban J connectivity index is 1.42. The highest BCUT2D eigenvalue weighted by molar-refractivity contribution is 7.21. The molecule has 1 aliphatic carbocycles. The van der Waals surface area contributed by atoms with Crippen molar-refractivity contribution >= 4 is 27.3 Å². The van der Waals surface area contributed by atoms with Gasteiger partial charge in [0.25, 0.3) is 5.91 Å². The third kappa shape index (κ3) is 2.53. The average Bonchev–Trinajstić information content (AvgIpc) is 3.02. The molecule has 138 valence electrons. The number of hydrogen-bond donors (Lipinski definition) is 1. The van der Waals surface area contributed by atoms with Gasteiger partial charge in [0, 0.05) is 16.3 Å². The predicted molar refractivity (Wildman–Crippen MR) is 108 cm³/mol. The minimum absolute atomic E-state index is 0.0601. The second kappa shape index (κ2) is 6.07. The molecule has 1 unspecified atom stereocenters. The zero-order valence-electron chi connectivity index (χ0n) is 15.8. The normalized spacial score (nSPS) is 30.3. The van der Waals surface area contributed by atoms with Crippen LogP contribution in [0.4, 0.5) is 0 Å². The summed E-state index contributed by atoms with van der Waals surface area (Å²) in [6, 6.07) is 8.94. The molecule has 26 heavy (non-hydrogen) atoms. The molecule has 3 saturated heterocycles. The van der Waals surface area contributed by atoms with Crippen LogP contribution in [0.5, 0.6) is 0 Å². The summed E-state index contributed by atoms with van der Waals surface area (Å²) in [5.41, 5.74) is 1.52. The summed E-state index contributed by atoms with van der Waals surface area (Å²) in [5.74, 6) is 1.45. The van der Waals surface area contributed by atoms with Crippen molar-refractivity contribution in [2.75, 3.05) is 13.1 Å². The molecule has 2 bridgehead atoms. The van der Waals surface area contributed by atoms with E-state index < -0.39 is 0 Å². The second-order valence-electron chi connectivity index (χ2n) is 8.93. The highest BCUT2D eigenvalue weighted by Crippen LogP contribution is 2.43. The van der Waals surface area contributed by atoms with Gasteiger partial charge >= 0.3 is 0 Å². The molecule has 4 heterocycles. The molecule has 2 aromatic rings. The lowest BCUT2D eigenvalue weighted by atomic mass is 9.72. The summed E-state index contributed by atoms with van der Waals surface area (Å²) in [5, 5.41) is 4.66. The van der Waals surface area contributed by atoms with Gasteiger partial charge < -0.3 is 5.32 Å². The Morgan fingerprint density at radius 1 is 1.19 bits per heavy atom. The summed E-state index contributed by atoms with van der Waals surface area (Å²) in [4.78, 5) is 16.5. The number of benzene rings is 1. The number of rotatable bonds is 3. The van der Waals surface area contributed by atoms with Crippen molar-refractivity contribution in [2.24, 2.45) is 5.92 Å². The number of fused-ring (bicyclic) bond motifs is 4. The van der Waals surface area contributed by atoms with Gasteiger partial charge in [-0.1, -0.05) is 24.6 Å². The number of nitrogens with one attached hydrogen (secondary N) is 1. The lowest BCUT2D eigenvalue weighted by molar-refractivity contribution is -0.0377. The van der Waals surface area contributed by atoms with E-state index in [9.17, 15) is 4.79 Å². The first-order valence-corrected chi connectivity index (χ1v) is 10.9. The van der Waals surface area contributed by atoms with E-state index in [1.165, 1.54) is 60.8 Å². The Kier molecular flexibility index (Phi) is 3.91. The standard InChI is InChI=1S/C22H28N2OS/c1-22(2)20(15-9-11-24(22)12-10-15)23-21(25)18-13-16-7-4-8-17(19(16)26-18)14-5-3-6-14/h4,7-8,13-15,20H,3,5-6,9-12H2,1-2H3,(H,23,25). The zero-order chi connectivity index (χ0) is 17.9. The van der Waals surface area contributed by atoms with Crippen molar-refractivity contribution in [3.05, 3.63) is 34.7 Å². The average molecular weight is 369 g/mol. The van der Waals surface area contributed by atoms with Gasteiger partial charge in [-0.15, -0.1) is 11.3 Å². The largest absolute Gasteiger partial charge is 0.346 e. The fourth-order valence-corrected chi connectivity index (χ4v) is 6.48. The quantitative estimate of drug-likeness (QED) is 0.846. The van der Waals surface area contributed by atoms with Crippen molar-refractivity contribution in [1.29, 1.82) is 0 Å². The van der Waals surface area contributed by atoms with E-state index in [-0.39, 0.29) is 17.5 Å². The number of amides is 1. The third-order valence-electron chi connectivity index (χ3n) is 7.22. The molecule has 0 radical (unpaired) electrons. The summed E-state index contributed by atoms with van der Waals surface area (Å²) in [7, 11) is 0. The summed E-state index contributed by atoms with van der Waals surface area (Å²) in [6.07, 6.45) is 6.37. The van der Waals surface area contributed by atoms with E-state index in [2.05, 4.69) is 48.3 Å². The highest BCUT2D eigenvalue weighted by atomic mass is 32.1. The first-order valence-electron chi connectivity index (χ1n) is 10.1. The maximum absolute atomic E-state index is 13.1. The maximum atomic E-state index is 13.1. The van der Waals surface area contributed by atoms with Crippen LogP contribution < -0.4 is 5.32 Å². The van der Waals surface area contributed by atoms with Crippen molar-refractivity contribution in [2.45, 2.75) is 63.5 Å². The second-order valence-corrected chi connectivity index (χ2v) is 9.99. The van der Waals surface area contributed by atoms with Crippen molar-refractivity contribution in [3.8, 4) is 0 Å². The lowest BCUT2D eigenvalue weighted by Gasteiger charge is -2.56. The fraction of sp³-hybridized carbons (Fsp3) is 0.591. The van der Waals surface area contributed by atoms with Crippen LogP contribution in [-0.2, 0) is 0 Å². The van der Waals surface area contributed by atoms with Crippen LogP contribution in [-0.4, -0.2) is 35.5 Å². The van der Waals surface area contributed by atoms with E-state index >= 15 is 0 Å². The lowest BCUT2D eigenvalue weighted by Crippen LogP contribution is -2.69. The van der Waals surface area contributed by atoms with Gasteiger partial charge in [-0.25, -0.2) is 0 Å². The molecule has 1 N–H and O–H groups in total. The highest BCUT2D eigenvalue weighted by Gasteiger charge is 2.48. The Hall–Kier alpha value is -1.39.